The van der Waals surface area contributed by atoms with E-state index in [0.29, 0.717) is 0 Å². The van der Waals surface area contributed by atoms with Crippen molar-refractivity contribution in [2.75, 3.05) is 0 Å². The summed E-state index contributed by atoms with van der Waals surface area (Å²) in [5, 5.41) is 9.15. The number of hydrogen-bond acceptors (Lipinski definition) is 3. The molecule has 0 fully saturated rings. The van der Waals surface area contributed by atoms with E-state index in [-0.39, 0.29) is 5.76 Å². The third kappa shape index (κ3) is 2.31. The predicted octanol–water partition coefficient (Wildman–Crippen LogP) is 2.32. The van der Waals surface area contributed by atoms with Gasteiger partial charge in [0.15, 0.2) is 5.76 Å². The third-order valence-corrected chi connectivity index (χ3v) is 1.96. The fraction of sp³-hybridized carbons (Fsp3) is 0.444. The van der Waals surface area contributed by atoms with Crippen LogP contribution in [0.5, 0.6) is 5.75 Å². The van der Waals surface area contributed by atoms with Crippen LogP contribution in [0.2, 0.25) is 0 Å². The second-order valence-corrected chi connectivity index (χ2v) is 3.20. The minimum Gasteiger partial charge on any atom is -0.502 e. The van der Waals surface area contributed by atoms with Crippen molar-refractivity contribution < 1.29 is 22.7 Å². The fourth-order valence-electron chi connectivity index (χ4n) is 1.07. The van der Waals surface area contributed by atoms with Crippen molar-refractivity contribution in [2.24, 2.45) is 0 Å². The normalized spacial score (nSPS) is 13.9. The molecule has 0 aliphatic heterocycles. The number of hydrogen-bond donors (Lipinski definition) is 1. The van der Waals surface area contributed by atoms with Crippen LogP contribution in [0.1, 0.15) is 24.4 Å². The molecule has 15 heavy (non-hydrogen) atoms. The number of aromatic hydroxyl groups is 1. The molecule has 6 heteroatoms. The van der Waals surface area contributed by atoms with Gasteiger partial charge in [0.2, 0.25) is 11.2 Å². The first-order chi connectivity index (χ1) is 6.73. The molecule has 0 saturated heterocycles. The second kappa shape index (κ2) is 3.60. The van der Waals surface area contributed by atoms with Gasteiger partial charge in [-0.25, -0.2) is 0 Å². The van der Waals surface area contributed by atoms with Crippen molar-refractivity contribution in [2.45, 2.75) is 25.9 Å². The summed E-state index contributed by atoms with van der Waals surface area (Å²) in [5.74, 6) is -3.70. The molecule has 1 N–H and O–H groups in total. The Kier molecular flexibility index (Phi) is 2.79. The Labute approximate surface area is 83.1 Å². The van der Waals surface area contributed by atoms with Crippen molar-refractivity contribution >= 4 is 0 Å². The van der Waals surface area contributed by atoms with E-state index in [0.717, 1.165) is 13.0 Å². The highest BCUT2D eigenvalue weighted by molar-refractivity contribution is 5.28. The second-order valence-electron chi connectivity index (χ2n) is 3.20. The van der Waals surface area contributed by atoms with Gasteiger partial charge in [0.1, 0.15) is 11.7 Å². The Hall–Kier alpha value is -1.46. The Balaban J connectivity index is 3.32. The SMILES string of the molecule is Cc1cc(=O)c(O)c(C(C)C(F)(F)F)o1. The van der Waals surface area contributed by atoms with E-state index in [4.69, 9.17) is 9.52 Å². The topological polar surface area (TPSA) is 50.4 Å². The molecule has 1 rings (SSSR count). The van der Waals surface area contributed by atoms with Gasteiger partial charge < -0.3 is 9.52 Å². The molecule has 1 aromatic heterocycles. The number of rotatable bonds is 1. The molecule has 0 radical (unpaired) electrons. The molecule has 3 nitrogen and oxygen atoms in total. The third-order valence-electron chi connectivity index (χ3n) is 1.96. The maximum atomic E-state index is 12.3. The first-order valence-electron chi connectivity index (χ1n) is 4.13. The number of aryl methyl sites for hydroxylation is 1. The first-order valence-corrected chi connectivity index (χ1v) is 4.13. The van der Waals surface area contributed by atoms with Gasteiger partial charge in [-0.05, 0) is 13.8 Å². The van der Waals surface area contributed by atoms with Gasteiger partial charge in [-0.1, -0.05) is 0 Å². The molecule has 0 aliphatic carbocycles. The highest BCUT2D eigenvalue weighted by Gasteiger charge is 2.41. The van der Waals surface area contributed by atoms with Crippen LogP contribution >= 0.6 is 0 Å². The largest absolute Gasteiger partial charge is 0.502 e. The van der Waals surface area contributed by atoms with Crippen molar-refractivity contribution in [1.82, 2.24) is 0 Å². The van der Waals surface area contributed by atoms with Crippen LogP contribution in [-0.2, 0) is 0 Å². The summed E-state index contributed by atoms with van der Waals surface area (Å²) in [6.07, 6.45) is -4.55. The molecule has 84 valence electrons. The predicted molar refractivity (Wildman–Crippen MR) is 45.8 cm³/mol. The van der Waals surface area contributed by atoms with Gasteiger partial charge in [0.05, 0.1) is 0 Å². The van der Waals surface area contributed by atoms with Gasteiger partial charge in [0, 0.05) is 6.07 Å². The highest BCUT2D eigenvalue weighted by Crippen LogP contribution is 2.37. The van der Waals surface area contributed by atoms with Gasteiger partial charge >= 0.3 is 6.18 Å². The zero-order valence-corrected chi connectivity index (χ0v) is 8.05. The quantitative estimate of drug-likeness (QED) is 0.793. The lowest BCUT2D eigenvalue weighted by Crippen LogP contribution is -2.19. The van der Waals surface area contributed by atoms with Crippen LogP contribution in [0.3, 0.4) is 0 Å². The van der Waals surface area contributed by atoms with Crippen LogP contribution in [0, 0.1) is 6.92 Å². The van der Waals surface area contributed by atoms with Crippen molar-refractivity contribution in [3.05, 3.63) is 27.8 Å². The summed E-state index contributed by atoms with van der Waals surface area (Å²) < 4.78 is 41.6. The van der Waals surface area contributed by atoms with E-state index < -0.39 is 29.0 Å². The van der Waals surface area contributed by atoms with Crippen molar-refractivity contribution in [1.29, 1.82) is 0 Å². The zero-order valence-electron chi connectivity index (χ0n) is 8.05. The van der Waals surface area contributed by atoms with E-state index >= 15 is 0 Å². The molecule has 1 atom stereocenters. The minimum absolute atomic E-state index is 0.0314. The summed E-state index contributed by atoms with van der Waals surface area (Å²) in [7, 11) is 0. The van der Waals surface area contributed by atoms with Gasteiger partial charge in [0.25, 0.3) is 0 Å². The van der Waals surface area contributed by atoms with E-state index in [1.807, 2.05) is 0 Å². The molecule has 0 bridgehead atoms. The summed E-state index contributed by atoms with van der Waals surface area (Å²) in [4.78, 5) is 11.0. The van der Waals surface area contributed by atoms with E-state index in [1.54, 1.807) is 0 Å². The lowest BCUT2D eigenvalue weighted by Gasteiger charge is -2.15. The van der Waals surface area contributed by atoms with Crippen LogP contribution in [-0.4, -0.2) is 11.3 Å². The van der Waals surface area contributed by atoms with Crippen molar-refractivity contribution in [3.63, 3.8) is 0 Å². The smallest absolute Gasteiger partial charge is 0.398 e. The molecule has 0 aromatic carbocycles. The van der Waals surface area contributed by atoms with Crippen LogP contribution in [0.4, 0.5) is 13.2 Å². The molecule has 1 heterocycles. The molecule has 1 unspecified atom stereocenters. The maximum Gasteiger partial charge on any atom is 0.398 e. The Morgan fingerprint density at radius 3 is 2.47 bits per heavy atom. The first kappa shape index (κ1) is 11.6. The Morgan fingerprint density at radius 2 is 2.00 bits per heavy atom. The zero-order chi connectivity index (χ0) is 11.8. The van der Waals surface area contributed by atoms with Crippen LogP contribution in [0.15, 0.2) is 15.3 Å². The summed E-state index contributed by atoms with van der Waals surface area (Å²) in [5.41, 5.74) is -0.871. The Morgan fingerprint density at radius 1 is 1.47 bits per heavy atom. The Bertz CT molecular complexity index is 420. The summed E-state index contributed by atoms with van der Waals surface area (Å²) >= 11 is 0. The van der Waals surface area contributed by atoms with Gasteiger partial charge in [-0.15, -0.1) is 0 Å². The summed E-state index contributed by atoms with van der Waals surface area (Å²) in [6.45, 7) is 2.16. The van der Waals surface area contributed by atoms with E-state index in [2.05, 4.69) is 0 Å². The molecule has 1 aromatic rings. The molecule has 0 amide bonds. The molecular formula is C9H9F3O3. The van der Waals surface area contributed by atoms with Gasteiger partial charge in [-0.3, -0.25) is 4.79 Å². The van der Waals surface area contributed by atoms with E-state index in [9.17, 15) is 18.0 Å². The monoisotopic (exact) mass is 222 g/mol. The summed E-state index contributed by atoms with van der Waals surface area (Å²) in [6, 6.07) is 0.932. The van der Waals surface area contributed by atoms with Crippen LogP contribution < -0.4 is 5.43 Å². The average Bonchev–Trinajstić information content (AvgIpc) is 2.08. The maximum absolute atomic E-state index is 12.3. The van der Waals surface area contributed by atoms with Crippen LogP contribution in [0.25, 0.3) is 0 Å². The highest BCUT2D eigenvalue weighted by atomic mass is 19.4. The average molecular weight is 222 g/mol. The molecule has 0 spiro atoms. The number of alkyl halides is 3. The van der Waals surface area contributed by atoms with E-state index in [1.165, 1.54) is 6.92 Å². The van der Waals surface area contributed by atoms with Gasteiger partial charge in [-0.2, -0.15) is 13.2 Å². The fourth-order valence-corrected chi connectivity index (χ4v) is 1.07. The lowest BCUT2D eigenvalue weighted by atomic mass is 10.1. The standard InChI is InChI=1S/C9H9F3O3/c1-4-3-6(13)7(14)8(15-4)5(2)9(10,11)12/h3,5,14H,1-2H3. The lowest BCUT2D eigenvalue weighted by molar-refractivity contribution is -0.150. The number of halogens is 3. The molecule has 0 aliphatic rings. The van der Waals surface area contributed by atoms with Crippen molar-refractivity contribution in [3.8, 4) is 5.75 Å². The minimum atomic E-state index is -4.55. The molecule has 0 saturated carbocycles. The molecular weight excluding hydrogens is 213 g/mol.